The molecule has 25 heavy (non-hydrogen) atoms. The predicted molar refractivity (Wildman–Crippen MR) is 102 cm³/mol. The van der Waals surface area contributed by atoms with Gasteiger partial charge in [-0.2, -0.15) is 0 Å². The molecule has 0 saturated heterocycles. The van der Waals surface area contributed by atoms with Crippen LogP contribution in [0.15, 0.2) is 29.6 Å². The molecule has 5 nitrogen and oxygen atoms in total. The Morgan fingerprint density at radius 1 is 1.40 bits per heavy atom. The van der Waals surface area contributed by atoms with E-state index in [0.717, 1.165) is 16.5 Å². The molecule has 0 spiro atoms. The molecule has 0 aliphatic rings. The minimum atomic E-state index is -0.0400. The van der Waals surface area contributed by atoms with Crippen molar-refractivity contribution in [3.63, 3.8) is 0 Å². The van der Waals surface area contributed by atoms with E-state index in [4.69, 9.17) is 4.74 Å². The predicted octanol–water partition coefficient (Wildman–Crippen LogP) is 4.22. The van der Waals surface area contributed by atoms with Crippen molar-refractivity contribution in [3.8, 4) is 5.75 Å². The van der Waals surface area contributed by atoms with Crippen LogP contribution in [0.4, 0.5) is 4.79 Å². The van der Waals surface area contributed by atoms with Gasteiger partial charge in [0.2, 0.25) is 0 Å². The van der Waals surface area contributed by atoms with Gasteiger partial charge >= 0.3 is 6.03 Å². The van der Waals surface area contributed by atoms with Crippen molar-refractivity contribution in [2.45, 2.75) is 40.8 Å². The van der Waals surface area contributed by atoms with Crippen LogP contribution in [0.3, 0.4) is 0 Å². The first-order valence-electron chi connectivity index (χ1n) is 8.63. The molecule has 136 valence electrons. The van der Waals surface area contributed by atoms with Crippen LogP contribution in [0.25, 0.3) is 0 Å². The van der Waals surface area contributed by atoms with Gasteiger partial charge in [0, 0.05) is 18.5 Å². The standard InChI is InChI=1S/C19H27N3O2S/c1-5-20-19(23)22(10-14(2)3)11-16-13-25-18(21-16)12-24-17-8-6-7-15(4)9-17/h6-9,13-14H,5,10-12H2,1-4H3,(H,20,23). The summed E-state index contributed by atoms with van der Waals surface area (Å²) in [4.78, 5) is 18.6. The average molecular weight is 362 g/mol. The fourth-order valence-corrected chi connectivity index (χ4v) is 3.15. The van der Waals surface area contributed by atoms with Crippen molar-refractivity contribution in [1.82, 2.24) is 15.2 Å². The second-order valence-corrected chi connectivity index (χ2v) is 7.39. The van der Waals surface area contributed by atoms with Gasteiger partial charge in [0.25, 0.3) is 0 Å². The number of aromatic nitrogens is 1. The quantitative estimate of drug-likeness (QED) is 0.766. The third-order valence-electron chi connectivity index (χ3n) is 3.50. The second kappa shape index (κ2) is 9.42. The number of benzene rings is 1. The number of thiazole rings is 1. The van der Waals surface area contributed by atoms with E-state index in [0.29, 0.717) is 32.2 Å². The maximum atomic E-state index is 12.2. The first-order valence-corrected chi connectivity index (χ1v) is 9.51. The summed E-state index contributed by atoms with van der Waals surface area (Å²) in [7, 11) is 0. The number of rotatable bonds is 8. The highest BCUT2D eigenvalue weighted by molar-refractivity contribution is 7.09. The first-order chi connectivity index (χ1) is 12.0. The van der Waals surface area contributed by atoms with Gasteiger partial charge in [0.05, 0.1) is 12.2 Å². The van der Waals surface area contributed by atoms with Gasteiger partial charge in [-0.3, -0.25) is 0 Å². The fourth-order valence-electron chi connectivity index (χ4n) is 2.46. The van der Waals surface area contributed by atoms with Crippen LogP contribution in [0.1, 0.15) is 37.0 Å². The third-order valence-corrected chi connectivity index (χ3v) is 4.38. The Hall–Kier alpha value is -2.08. The van der Waals surface area contributed by atoms with Crippen LogP contribution < -0.4 is 10.1 Å². The SMILES string of the molecule is CCNC(=O)N(Cc1csc(COc2cccc(C)c2)n1)CC(C)C. The zero-order chi connectivity index (χ0) is 18.2. The van der Waals surface area contributed by atoms with E-state index in [9.17, 15) is 4.79 Å². The molecule has 0 aliphatic heterocycles. The van der Waals surface area contributed by atoms with Gasteiger partial charge in [-0.25, -0.2) is 9.78 Å². The second-order valence-electron chi connectivity index (χ2n) is 6.45. The van der Waals surface area contributed by atoms with Gasteiger partial charge in [0.1, 0.15) is 17.4 Å². The van der Waals surface area contributed by atoms with Crippen molar-refractivity contribution in [2.24, 2.45) is 5.92 Å². The molecule has 0 atom stereocenters. The van der Waals surface area contributed by atoms with E-state index in [2.05, 4.69) is 24.1 Å². The number of amides is 2. The Balaban J connectivity index is 1.95. The molecule has 2 amide bonds. The molecule has 0 saturated carbocycles. The van der Waals surface area contributed by atoms with E-state index >= 15 is 0 Å². The molecule has 2 aromatic rings. The lowest BCUT2D eigenvalue weighted by molar-refractivity contribution is 0.187. The summed E-state index contributed by atoms with van der Waals surface area (Å²) in [6, 6.07) is 7.93. The molecule has 1 aromatic heterocycles. The lowest BCUT2D eigenvalue weighted by Crippen LogP contribution is -2.41. The lowest BCUT2D eigenvalue weighted by atomic mass is 10.2. The summed E-state index contributed by atoms with van der Waals surface area (Å²) in [5, 5.41) is 5.78. The molecular weight excluding hydrogens is 334 g/mol. The van der Waals surface area contributed by atoms with E-state index < -0.39 is 0 Å². The van der Waals surface area contributed by atoms with E-state index in [1.165, 1.54) is 5.56 Å². The molecular formula is C19H27N3O2S. The summed E-state index contributed by atoms with van der Waals surface area (Å²) >= 11 is 1.56. The summed E-state index contributed by atoms with van der Waals surface area (Å²) < 4.78 is 5.80. The maximum Gasteiger partial charge on any atom is 0.317 e. The third kappa shape index (κ3) is 6.38. The number of hydrogen-bond acceptors (Lipinski definition) is 4. The van der Waals surface area contributed by atoms with Gasteiger partial charge in [-0.05, 0) is 37.5 Å². The Kier molecular flexibility index (Phi) is 7.25. The fraction of sp³-hybridized carbons (Fsp3) is 0.474. The van der Waals surface area contributed by atoms with Crippen molar-refractivity contribution in [2.75, 3.05) is 13.1 Å². The minimum Gasteiger partial charge on any atom is -0.486 e. The Morgan fingerprint density at radius 3 is 2.88 bits per heavy atom. The van der Waals surface area contributed by atoms with E-state index in [1.807, 2.05) is 48.4 Å². The molecule has 0 radical (unpaired) electrons. The monoisotopic (exact) mass is 361 g/mol. The normalized spacial score (nSPS) is 10.8. The van der Waals surface area contributed by atoms with Crippen molar-refractivity contribution < 1.29 is 9.53 Å². The minimum absolute atomic E-state index is 0.0400. The average Bonchev–Trinajstić information content (AvgIpc) is 3.00. The zero-order valence-electron chi connectivity index (χ0n) is 15.4. The van der Waals surface area contributed by atoms with Gasteiger partial charge in [-0.15, -0.1) is 11.3 Å². The van der Waals surface area contributed by atoms with Crippen LogP contribution in [0.2, 0.25) is 0 Å². The molecule has 0 aliphatic carbocycles. The smallest absolute Gasteiger partial charge is 0.317 e. The number of carbonyl (C=O) groups excluding carboxylic acids is 1. The number of hydrogen-bond donors (Lipinski definition) is 1. The highest BCUT2D eigenvalue weighted by Crippen LogP contribution is 2.17. The molecule has 1 aromatic carbocycles. The molecule has 0 unspecified atom stereocenters. The van der Waals surface area contributed by atoms with Crippen LogP contribution in [0, 0.1) is 12.8 Å². The van der Waals surface area contributed by atoms with Crippen LogP contribution in [-0.4, -0.2) is 29.0 Å². The number of ether oxygens (including phenoxy) is 1. The summed E-state index contributed by atoms with van der Waals surface area (Å²) in [6.07, 6.45) is 0. The molecule has 0 bridgehead atoms. The Morgan fingerprint density at radius 2 is 2.20 bits per heavy atom. The Labute approximate surface area is 154 Å². The molecule has 1 heterocycles. The largest absolute Gasteiger partial charge is 0.486 e. The number of carbonyl (C=O) groups is 1. The highest BCUT2D eigenvalue weighted by atomic mass is 32.1. The van der Waals surface area contributed by atoms with Gasteiger partial charge < -0.3 is 15.0 Å². The number of urea groups is 1. The number of nitrogens with one attached hydrogen (secondary N) is 1. The highest BCUT2D eigenvalue weighted by Gasteiger charge is 2.16. The molecule has 2 rings (SSSR count). The topological polar surface area (TPSA) is 54.5 Å². The molecule has 6 heteroatoms. The Bertz CT molecular complexity index is 685. The number of nitrogens with zero attached hydrogens (tertiary/aromatic N) is 2. The zero-order valence-corrected chi connectivity index (χ0v) is 16.2. The molecule has 0 fully saturated rings. The summed E-state index contributed by atoms with van der Waals surface area (Å²) in [5.74, 6) is 1.26. The van der Waals surface area contributed by atoms with Crippen LogP contribution >= 0.6 is 11.3 Å². The summed E-state index contributed by atoms with van der Waals surface area (Å²) in [6.45, 7) is 10.5. The van der Waals surface area contributed by atoms with Crippen LogP contribution in [-0.2, 0) is 13.2 Å². The van der Waals surface area contributed by atoms with Crippen molar-refractivity contribution >= 4 is 17.4 Å². The van der Waals surface area contributed by atoms with Crippen LogP contribution in [0.5, 0.6) is 5.75 Å². The lowest BCUT2D eigenvalue weighted by Gasteiger charge is -2.23. The van der Waals surface area contributed by atoms with E-state index in [1.54, 1.807) is 11.3 Å². The van der Waals surface area contributed by atoms with E-state index in [-0.39, 0.29) is 6.03 Å². The maximum absolute atomic E-state index is 12.2. The first kappa shape index (κ1) is 19.2. The number of aryl methyl sites for hydroxylation is 1. The van der Waals surface area contributed by atoms with Crippen molar-refractivity contribution in [1.29, 1.82) is 0 Å². The molecule has 1 N–H and O–H groups in total. The van der Waals surface area contributed by atoms with Crippen molar-refractivity contribution in [3.05, 3.63) is 45.9 Å². The summed E-state index contributed by atoms with van der Waals surface area (Å²) in [5.41, 5.74) is 2.07. The van der Waals surface area contributed by atoms with Gasteiger partial charge in [-0.1, -0.05) is 26.0 Å². The van der Waals surface area contributed by atoms with Gasteiger partial charge in [0.15, 0.2) is 0 Å².